The highest BCUT2D eigenvalue weighted by Crippen LogP contribution is 2.27. The van der Waals surface area contributed by atoms with Gasteiger partial charge in [-0.1, -0.05) is 29.8 Å². The Morgan fingerprint density at radius 1 is 1.20 bits per heavy atom. The molecule has 0 bridgehead atoms. The number of aromatic nitrogens is 1. The van der Waals surface area contributed by atoms with Crippen LogP contribution in [0.2, 0.25) is 5.02 Å². The van der Waals surface area contributed by atoms with E-state index in [9.17, 15) is 5.26 Å². The van der Waals surface area contributed by atoms with Gasteiger partial charge in [0.25, 0.3) is 0 Å². The topological polar surface area (TPSA) is 48.7 Å². The summed E-state index contributed by atoms with van der Waals surface area (Å²) in [7, 11) is 0. The van der Waals surface area contributed by atoms with Crippen molar-refractivity contribution in [1.29, 1.82) is 5.26 Å². The molecule has 0 spiro atoms. The second-order valence-corrected chi connectivity index (χ2v) is 6.96. The Hall–Kier alpha value is -2.61. The normalized spacial score (nSPS) is 11.2. The van der Waals surface area contributed by atoms with Crippen LogP contribution in [-0.4, -0.2) is 4.98 Å². The van der Waals surface area contributed by atoms with Gasteiger partial charge in [-0.25, -0.2) is 4.98 Å². The molecule has 0 amide bonds. The van der Waals surface area contributed by atoms with Gasteiger partial charge in [-0.05, 0) is 49.2 Å². The summed E-state index contributed by atoms with van der Waals surface area (Å²) < 4.78 is 0. The number of anilines is 1. The lowest BCUT2D eigenvalue weighted by molar-refractivity contribution is 1.31. The zero-order valence-electron chi connectivity index (χ0n) is 13.9. The summed E-state index contributed by atoms with van der Waals surface area (Å²) in [5.74, 6) is 0. The number of halogens is 1. The second-order valence-electron chi connectivity index (χ2n) is 5.66. The number of thiazole rings is 1. The monoisotopic (exact) mass is 365 g/mol. The number of hydrogen-bond donors (Lipinski definition) is 1. The Bertz CT molecular complexity index is 983. The van der Waals surface area contributed by atoms with Gasteiger partial charge >= 0.3 is 0 Å². The van der Waals surface area contributed by atoms with Crippen molar-refractivity contribution in [2.45, 2.75) is 13.8 Å². The van der Waals surface area contributed by atoms with Crippen molar-refractivity contribution in [2.24, 2.45) is 0 Å². The maximum atomic E-state index is 9.45. The van der Waals surface area contributed by atoms with Crippen molar-refractivity contribution < 1.29 is 0 Å². The number of nitrogens with one attached hydrogen (secondary N) is 1. The number of rotatable bonds is 4. The number of nitriles is 1. The molecule has 3 rings (SSSR count). The summed E-state index contributed by atoms with van der Waals surface area (Å²) >= 11 is 7.43. The lowest BCUT2D eigenvalue weighted by Crippen LogP contribution is -1.91. The van der Waals surface area contributed by atoms with Crippen LogP contribution in [0.25, 0.3) is 16.8 Å². The molecule has 0 aliphatic rings. The molecule has 1 aromatic heterocycles. The lowest BCUT2D eigenvalue weighted by atomic mass is 10.1. The van der Waals surface area contributed by atoms with Crippen LogP contribution < -0.4 is 5.32 Å². The maximum absolute atomic E-state index is 9.45. The van der Waals surface area contributed by atoms with Crippen molar-refractivity contribution in [3.63, 3.8) is 0 Å². The van der Waals surface area contributed by atoms with Crippen LogP contribution in [0.1, 0.15) is 16.1 Å². The highest BCUT2D eigenvalue weighted by atomic mass is 35.5. The maximum Gasteiger partial charge on any atom is 0.136 e. The van der Waals surface area contributed by atoms with E-state index in [2.05, 4.69) is 48.4 Å². The molecular formula is C20H16ClN3S. The van der Waals surface area contributed by atoms with E-state index in [0.717, 1.165) is 16.9 Å². The number of hydrogen-bond acceptors (Lipinski definition) is 4. The molecule has 0 fully saturated rings. The smallest absolute Gasteiger partial charge is 0.136 e. The molecule has 0 atom stereocenters. The Labute approximate surface area is 156 Å². The van der Waals surface area contributed by atoms with Gasteiger partial charge in [-0.15, -0.1) is 11.3 Å². The third kappa shape index (κ3) is 4.08. The Balaban J connectivity index is 1.85. The number of allylic oxidation sites excluding steroid dienone is 1. The highest BCUT2D eigenvalue weighted by Gasteiger charge is 2.09. The SMILES string of the molecule is Cc1ccc(-c2csc(/C(C#N)=C\Nc3cccc(Cl)c3)n2)cc1C. The third-order valence-corrected chi connectivity index (χ3v) is 4.98. The van der Waals surface area contributed by atoms with Crippen LogP contribution in [-0.2, 0) is 0 Å². The van der Waals surface area contributed by atoms with Gasteiger partial charge in [-0.3, -0.25) is 0 Å². The molecular weight excluding hydrogens is 350 g/mol. The first-order valence-corrected chi connectivity index (χ1v) is 8.98. The molecule has 1 N–H and O–H groups in total. The quantitative estimate of drug-likeness (QED) is 0.572. The zero-order valence-corrected chi connectivity index (χ0v) is 15.4. The summed E-state index contributed by atoms with van der Waals surface area (Å²) in [5, 5.41) is 15.9. The molecule has 0 saturated heterocycles. The predicted octanol–water partition coefficient (Wildman–Crippen LogP) is 6.06. The van der Waals surface area contributed by atoms with E-state index in [-0.39, 0.29) is 0 Å². The van der Waals surface area contributed by atoms with Gasteiger partial charge in [0.15, 0.2) is 0 Å². The van der Waals surface area contributed by atoms with E-state index >= 15 is 0 Å². The molecule has 0 aliphatic heterocycles. The molecule has 0 saturated carbocycles. The average molecular weight is 366 g/mol. The number of benzene rings is 2. The van der Waals surface area contributed by atoms with Crippen LogP contribution in [0, 0.1) is 25.2 Å². The van der Waals surface area contributed by atoms with Gasteiger partial charge in [0.05, 0.1) is 5.69 Å². The Morgan fingerprint density at radius 2 is 2.04 bits per heavy atom. The Morgan fingerprint density at radius 3 is 2.76 bits per heavy atom. The van der Waals surface area contributed by atoms with E-state index in [1.165, 1.54) is 22.5 Å². The minimum absolute atomic E-state index is 0.486. The second kappa shape index (κ2) is 7.52. The fraction of sp³-hybridized carbons (Fsp3) is 0.100. The van der Waals surface area contributed by atoms with Crippen LogP contribution in [0.4, 0.5) is 5.69 Å². The third-order valence-electron chi connectivity index (χ3n) is 3.87. The summed E-state index contributed by atoms with van der Waals surface area (Å²) in [4.78, 5) is 4.61. The molecule has 25 heavy (non-hydrogen) atoms. The van der Waals surface area contributed by atoms with E-state index < -0.39 is 0 Å². The summed E-state index contributed by atoms with van der Waals surface area (Å²) in [5.41, 5.74) is 5.73. The molecule has 0 unspecified atom stereocenters. The molecule has 2 aromatic carbocycles. The van der Waals surface area contributed by atoms with Gasteiger partial charge in [0.1, 0.15) is 16.6 Å². The molecule has 5 heteroatoms. The lowest BCUT2D eigenvalue weighted by Gasteiger charge is -2.03. The van der Waals surface area contributed by atoms with Crippen LogP contribution in [0.5, 0.6) is 0 Å². The first-order chi connectivity index (χ1) is 12.1. The fourth-order valence-corrected chi connectivity index (χ4v) is 3.29. The standard InChI is InChI=1S/C20H16ClN3S/c1-13-6-7-15(8-14(13)2)19-12-25-20(24-19)16(10-22)11-23-18-5-3-4-17(21)9-18/h3-9,11-12,23H,1-2H3/b16-11-. The average Bonchev–Trinajstić information content (AvgIpc) is 3.08. The summed E-state index contributed by atoms with van der Waals surface area (Å²) in [6.45, 7) is 4.17. The largest absolute Gasteiger partial charge is 0.360 e. The molecule has 3 nitrogen and oxygen atoms in total. The van der Waals surface area contributed by atoms with Crippen molar-refractivity contribution in [3.05, 3.63) is 75.2 Å². The van der Waals surface area contributed by atoms with Gasteiger partial charge in [-0.2, -0.15) is 5.26 Å². The molecule has 3 aromatic rings. The fourth-order valence-electron chi connectivity index (χ4n) is 2.31. The molecule has 1 heterocycles. The summed E-state index contributed by atoms with van der Waals surface area (Å²) in [6, 6.07) is 15.8. The van der Waals surface area contributed by atoms with Crippen molar-refractivity contribution in [3.8, 4) is 17.3 Å². The molecule has 0 aliphatic carbocycles. The van der Waals surface area contributed by atoms with Crippen LogP contribution >= 0.6 is 22.9 Å². The number of nitrogens with zero attached hydrogens (tertiary/aromatic N) is 2. The van der Waals surface area contributed by atoms with E-state index in [1.807, 2.05) is 17.5 Å². The highest BCUT2D eigenvalue weighted by molar-refractivity contribution is 7.11. The van der Waals surface area contributed by atoms with Crippen molar-refractivity contribution in [1.82, 2.24) is 4.98 Å². The Kier molecular flexibility index (Phi) is 5.18. The summed E-state index contributed by atoms with van der Waals surface area (Å²) in [6.07, 6.45) is 1.66. The molecule has 0 radical (unpaired) electrons. The molecule has 124 valence electrons. The van der Waals surface area contributed by atoms with Crippen LogP contribution in [0.15, 0.2) is 54.0 Å². The number of aryl methyl sites for hydroxylation is 2. The van der Waals surface area contributed by atoms with Crippen molar-refractivity contribution >= 4 is 34.2 Å². The minimum Gasteiger partial charge on any atom is -0.360 e. The van der Waals surface area contributed by atoms with Crippen LogP contribution in [0.3, 0.4) is 0 Å². The van der Waals surface area contributed by atoms with E-state index in [0.29, 0.717) is 15.6 Å². The van der Waals surface area contributed by atoms with Gasteiger partial charge in [0, 0.05) is 27.9 Å². The van der Waals surface area contributed by atoms with Crippen molar-refractivity contribution in [2.75, 3.05) is 5.32 Å². The minimum atomic E-state index is 0.486. The van der Waals surface area contributed by atoms with E-state index in [1.54, 1.807) is 18.3 Å². The predicted molar refractivity (Wildman–Crippen MR) is 106 cm³/mol. The van der Waals surface area contributed by atoms with E-state index in [4.69, 9.17) is 11.6 Å². The first kappa shape index (κ1) is 17.2. The van der Waals surface area contributed by atoms with Gasteiger partial charge in [0.2, 0.25) is 0 Å². The zero-order chi connectivity index (χ0) is 17.8. The first-order valence-electron chi connectivity index (χ1n) is 7.73. The van der Waals surface area contributed by atoms with Gasteiger partial charge < -0.3 is 5.32 Å².